The van der Waals surface area contributed by atoms with Crippen molar-refractivity contribution in [2.24, 2.45) is 0 Å². The Balaban J connectivity index is 2.20. The molecule has 2 aromatic carbocycles. The molecule has 2 aromatic rings. The number of hydrogen-bond donors (Lipinski definition) is 0. The highest BCUT2D eigenvalue weighted by atomic mass is 35.5. The Bertz CT molecular complexity index is 836. The van der Waals surface area contributed by atoms with E-state index in [1.807, 2.05) is 0 Å². The lowest BCUT2D eigenvalue weighted by Crippen LogP contribution is -2.08. The normalized spacial score (nSPS) is 10.5. The molecule has 0 fully saturated rings. The van der Waals surface area contributed by atoms with Gasteiger partial charge in [-0.25, -0.2) is 0 Å². The van der Waals surface area contributed by atoms with Crippen LogP contribution >= 0.6 is 11.6 Å². The summed E-state index contributed by atoms with van der Waals surface area (Å²) in [5, 5.41) is 0. The SMILES string of the molecule is CC(=O)Oc1cc(/C=C/c2ccc(OC(=O)CCl)cc2)cc(OC(C)=O)c1. The molecule has 7 heteroatoms. The third-order valence-electron chi connectivity index (χ3n) is 3.11. The van der Waals surface area contributed by atoms with Crippen molar-refractivity contribution in [3.8, 4) is 17.2 Å². The van der Waals surface area contributed by atoms with Gasteiger partial charge in [0.2, 0.25) is 0 Å². The summed E-state index contributed by atoms with van der Waals surface area (Å²) in [5.74, 6) is -0.773. The number of rotatable bonds is 6. The molecule has 6 nitrogen and oxygen atoms in total. The fourth-order valence-corrected chi connectivity index (χ4v) is 2.19. The minimum absolute atomic E-state index is 0.217. The van der Waals surface area contributed by atoms with Gasteiger partial charge >= 0.3 is 17.9 Å². The highest BCUT2D eigenvalue weighted by Gasteiger charge is 2.06. The quantitative estimate of drug-likeness (QED) is 0.323. The van der Waals surface area contributed by atoms with Crippen LogP contribution in [0.2, 0.25) is 0 Å². The van der Waals surface area contributed by atoms with E-state index >= 15 is 0 Å². The molecule has 0 spiro atoms. The van der Waals surface area contributed by atoms with Gasteiger partial charge in [-0.15, -0.1) is 11.6 Å². The Morgan fingerprint density at radius 2 is 1.30 bits per heavy atom. The molecule has 0 aliphatic rings. The number of benzene rings is 2. The summed E-state index contributed by atoms with van der Waals surface area (Å²) in [7, 11) is 0. The summed E-state index contributed by atoms with van der Waals surface area (Å²) in [4.78, 5) is 33.5. The van der Waals surface area contributed by atoms with Crippen LogP contribution < -0.4 is 14.2 Å². The molecule has 140 valence electrons. The third kappa shape index (κ3) is 6.95. The second kappa shape index (κ2) is 9.54. The molecule has 0 unspecified atom stereocenters. The highest BCUT2D eigenvalue weighted by Crippen LogP contribution is 2.25. The molecular formula is C20H17ClO6. The van der Waals surface area contributed by atoms with Gasteiger partial charge in [0.15, 0.2) is 0 Å². The average molecular weight is 389 g/mol. The highest BCUT2D eigenvalue weighted by molar-refractivity contribution is 6.26. The van der Waals surface area contributed by atoms with Crippen molar-refractivity contribution in [1.29, 1.82) is 0 Å². The first-order chi connectivity index (χ1) is 12.9. The van der Waals surface area contributed by atoms with Crippen LogP contribution in [0.5, 0.6) is 17.2 Å². The molecule has 2 rings (SSSR count). The number of alkyl halides is 1. The van der Waals surface area contributed by atoms with Crippen molar-refractivity contribution in [3.63, 3.8) is 0 Å². The van der Waals surface area contributed by atoms with Crippen molar-refractivity contribution in [3.05, 3.63) is 53.6 Å². The van der Waals surface area contributed by atoms with Crippen molar-refractivity contribution in [2.75, 3.05) is 5.88 Å². The Labute approximate surface area is 161 Å². The minimum Gasteiger partial charge on any atom is -0.427 e. The van der Waals surface area contributed by atoms with E-state index in [2.05, 4.69) is 0 Å². The van der Waals surface area contributed by atoms with Crippen molar-refractivity contribution in [2.45, 2.75) is 13.8 Å². The van der Waals surface area contributed by atoms with Gasteiger partial charge in [-0.2, -0.15) is 0 Å². The topological polar surface area (TPSA) is 78.9 Å². The van der Waals surface area contributed by atoms with Gasteiger partial charge in [0.1, 0.15) is 23.1 Å². The molecule has 0 aromatic heterocycles. The van der Waals surface area contributed by atoms with Crippen molar-refractivity contribution < 1.29 is 28.6 Å². The molecule has 0 amide bonds. The van der Waals surface area contributed by atoms with Crippen LogP contribution in [0.3, 0.4) is 0 Å². The van der Waals surface area contributed by atoms with Gasteiger partial charge in [-0.05, 0) is 35.4 Å². The standard InChI is InChI=1S/C20H17ClO6/c1-13(22)25-18-9-16(10-19(11-18)26-14(2)23)4-3-15-5-7-17(8-6-15)27-20(24)12-21/h3-11H,12H2,1-2H3/b4-3+. The van der Waals surface area contributed by atoms with Crippen LogP contribution in [0.15, 0.2) is 42.5 Å². The van der Waals surface area contributed by atoms with E-state index < -0.39 is 17.9 Å². The summed E-state index contributed by atoms with van der Waals surface area (Å²) in [6, 6.07) is 11.5. The maximum Gasteiger partial charge on any atom is 0.326 e. The largest absolute Gasteiger partial charge is 0.427 e. The van der Waals surface area contributed by atoms with E-state index in [1.54, 1.807) is 48.6 Å². The van der Waals surface area contributed by atoms with E-state index in [1.165, 1.54) is 19.9 Å². The second-order valence-corrected chi connectivity index (χ2v) is 5.70. The van der Waals surface area contributed by atoms with Gasteiger partial charge in [0.05, 0.1) is 0 Å². The zero-order valence-corrected chi connectivity index (χ0v) is 15.5. The maximum absolute atomic E-state index is 11.2. The Kier molecular flexibility index (Phi) is 7.14. The second-order valence-electron chi connectivity index (χ2n) is 5.44. The summed E-state index contributed by atoms with van der Waals surface area (Å²) in [5.41, 5.74) is 1.51. The molecular weight excluding hydrogens is 372 g/mol. The molecule has 0 saturated carbocycles. The first-order valence-corrected chi connectivity index (χ1v) is 8.46. The van der Waals surface area contributed by atoms with Crippen LogP contribution in [0, 0.1) is 0 Å². The molecule has 27 heavy (non-hydrogen) atoms. The lowest BCUT2D eigenvalue weighted by Gasteiger charge is -2.07. The molecule has 0 atom stereocenters. The summed E-state index contributed by atoms with van der Waals surface area (Å²) < 4.78 is 15.1. The number of carbonyl (C=O) groups excluding carboxylic acids is 3. The molecule has 0 radical (unpaired) electrons. The minimum atomic E-state index is -0.528. The molecule has 0 aliphatic heterocycles. The number of ether oxygens (including phenoxy) is 3. The van der Waals surface area contributed by atoms with Crippen LogP contribution in [-0.2, 0) is 14.4 Å². The maximum atomic E-state index is 11.2. The third-order valence-corrected chi connectivity index (χ3v) is 3.33. The van der Waals surface area contributed by atoms with Crippen molar-refractivity contribution in [1.82, 2.24) is 0 Å². The monoisotopic (exact) mass is 388 g/mol. The molecule has 0 N–H and O–H groups in total. The zero-order valence-electron chi connectivity index (χ0n) is 14.7. The van der Waals surface area contributed by atoms with Crippen LogP contribution in [0.4, 0.5) is 0 Å². The zero-order chi connectivity index (χ0) is 19.8. The number of hydrogen-bond acceptors (Lipinski definition) is 6. The Morgan fingerprint density at radius 3 is 1.78 bits per heavy atom. The van der Waals surface area contributed by atoms with Crippen LogP contribution in [0.25, 0.3) is 12.2 Å². The average Bonchev–Trinajstić information content (AvgIpc) is 2.59. The van der Waals surface area contributed by atoms with E-state index in [0.717, 1.165) is 5.56 Å². The molecule has 0 saturated heterocycles. The molecule has 0 heterocycles. The van der Waals surface area contributed by atoms with Gasteiger partial charge in [-0.3, -0.25) is 14.4 Å². The summed E-state index contributed by atoms with van der Waals surface area (Å²) in [6.07, 6.45) is 3.57. The lowest BCUT2D eigenvalue weighted by atomic mass is 10.1. The summed E-state index contributed by atoms with van der Waals surface area (Å²) in [6.45, 7) is 2.57. The predicted octanol–water partition coefficient (Wildman–Crippen LogP) is 3.85. The van der Waals surface area contributed by atoms with Crippen molar-refractivity contribution >= 4 is 41.7 Å². The van der Waals surface area contributed by atoms with Gasteiger partial charge in [-0.1, -0.05) is 24.3 Å². The lowest BCUT2D eigenvalue weighted by molar-refractivity contribution is -0.132. The van der Waals surface area contributed by atoms with E-state index in [-0.39, 0.29) is 17.4 Å². The fourth-order valence-electron chi connectivity index (χ4n) is 2.14. The fraction of sp³-hybridized carbons (Fsp3) is 0.150. The predicted molar refractivity (Wildman–Crippen MR) is 101 cm³/mol. The Morgan fingerprint density at radius 1 is 0.778 bits per heavy atom. The first kappa shape index (κ1) is 20.2. The Hall–Kier alpha value is -3.12. The van der Waals surface area contributed by atoms with Crippen LogP contribution in [0.1, 0.15) is 25.0 Å². The van der Waals surface area contributed by atoms with E-state index in [0.29, 0.717) is 11.3 Å². The molecule has 0 bridgehead atoms. The first-order valence-electron chi connectivity index (χ1n) is 7.92. The number of esters is 3. The van der Waals surface area contributed by atoms with Gasteiger partial charge in [0, 0.05) is 19.9 Å². The van der Waals surface area contributed by atoms with Crippen LogP contribution in [-0.4, -0.2) is 23.8 Å². The number of halogens is 1. The van der Waals surface area contributed by atoms with Gasteiger partial charge < -0.3 is 14.2 Å². The van der Waals surface area contributed by atoms with Gasteiger partial charge in [0.25, 0.3) is 0 Å². The van der Waals surface area contributed by atoms with E-state index in [9.17, 15) is 14.4 Å². The smallest absolute Gasteiger partial charge is 0.326 e. The molecule has 0 aliphatic carbocycles. The summed E-state index contributed by atoms with van der Waals surface area (Å²) >= 11 is 5.39. The van der Waals surface area contributed by atoms with E-state index in [4.69, 9.17) is 25.8 Å². The number of carbonyl (C=O) groups is 3.